The highest BCUT2D eigenvalue weighted by Gasteiger charge is 2.13. The molecule has 90 valence electrons. The molecule has 2 rings (SSSR count). The molecule has 0 fully saturated rings. The van der Waals surface area contributed by atoms with Crippen LogP contribution in [-0.4, -0.2) is 26.9 Å². The predicted molar refractivity (Wildman–Crippen MR) is 62.9 cm³/mol. The summed E-state index contributed by atoms with van der Waals surface area (Å²) in [6.07, 6.45) is 1.40. The topological polar surface area (TPSA) is 88.2 Å². The number of benzene rings is 1. The molecule has 0 radical (unpaired) electrons. The Morgan fingerprint density at radius 3 is 2.82 bits per heavy atom. The van der Waals surface area contributed by atoms with Gasteiger partial charge in [-0.15, -0.1) is 0 Å². The first kappa shape index (κ1) is 11.7. The largest absolute Gasteiger partial charge is 0.593 e. The number of aromatic amines is 1. The van der Waals surface area contributed by atoms with Gasteiger partial charge < -0.3 is 14.6 Å². The van der Waals surface area contributed by atoms with Gasteiger partial charge >= 0.3 is 5.97 Å². The minimum absolute atomic E-state index is 0.0458. The van der Waals surface area contributed by atoms with Crippen molar-refractivity contribution in [3.05, 3.63) is 29.7 Å². The van der Waals surface area contributed by atoms with Gasteiger partial charge in [-0.1, -0.05) is 0 Å². The highest BCUT2D eigenvalue weighted by atomic mass is 32.2. The Morgan fingerprint density at radius 1 is 1.53 bits per heavy atom. The first-order chi connectivity index (χ1) is 7.97. The number of H-pyrrole nitrogens is 1. The Kier molecular flexibility index (Phi) is 2.95. The van der Waals surface area contributed by atoms with Crippen LogP contribution in [0.5, 0.6) is 0 Å². The smallest absolute Gasteiger partial charge is 0.352 e. The molecule has 17 heavy (non-hydrogen) atoms. The number of fused-ring (bicyclic) bond motifs is 1. The van der Waals surface area contributed by atoms with Gasteiger partial charge in [0.15, 0.2) is 0 Å². The summed E-state index contributed by atoms with van der Waals surface area (Å²) in [5.74, 6) is -1.67. The summed E-state index contributed by atoms with van der Waals surface area (Å²) in [5.41, 5.74) is 0.593. The first-order valence-electron chi connectivity index (χ1n) is 4.63. The van der Waals surface area contributed by atoms with E-state index in [2.05, 4.69) is 9.71 Å². The molecule has 0 aliphatic rings. The highest BCUT2D eigenvalue weighted by Crippen LogP contribution is 2.26. The third-order valence-electron chi connectivity index (χ3n) is 2.19. The van der Waals surface area contributed by atoms with Crippen LogP contribution in [0.15, 0.2) is 18.2 Å². The zero-order chi connectivity index (χ0) is 12.6. The number of aromatic carboxylic acids is 1. The molecule has 0 aliphatic carbocycles. The van der Waals surface area contributed by atoms with Crippen LogP contribution < -0.4 is 4.72 Å². The second kappa shape index (κ2) is 4.27. The molecular formula is C10H9FN2O3S. The molecule has 0 amide bonds. The van der Waals surface area contributed by atoms with Gasteiger partial charge in [0.05, 0.1) is 22.6 Å². The van der Waals surface area contributed by atoms with E-state index < -0.39 is 23.1 Å². The fraction of sp³-hybridized carbons (Fsp3) is 0.100. The van der Waals surface area contributed by atoms with E-state index in [9.17, 15) is 13.7 Å². The molecule has 0 saturated heterocycles. The minimum atomic E-state index is -1.36. The predicted octanol–water partition coefficient (Wildman–Crippen LogP) is 1.71. The fourth-order valence-electron chi connectivity index (χ4n) is 1.56. The summed E-state index contributed by atoms with van der Waals surface area (Å²) in [6.45, 7) is 0. The van der Waals surface area contributed by atoms with E-state index in [-0.39, 0.29) is 5.69 Å². The van der Waals surface area contributed by atoms with E-state index in [1.165, 1.54) is 24.5 Å². The Bertz CT molecular complexity index is 582. The fourth-order valence-corrected chi connectivity index (χ4v) is 2.04. The van der Waals surface area contributed by atoms with E-state index in [0.29, 0.717) is 16.6 Å². The Labute approximate surface area is 99.0 Å². The Balaban J connectivity index is 2.61. The molecule has 0 aliphatic heterocycles. The molecule has 5 nitrogen and oxygen atoms in total. The molecule has 1 aromatic heterocycles. The molecule has 1 atom stereocenters. The lowest BCUT2D eigenvalue weighted by Crippen LogP contribution is -2.09. The summed E-state index contributed by atoms with van der Waals surface area (Å²) in [6, 6.07) is 3.72. The number of carboxylic acid groups (broad SMARTS) is 1. The number of hydrogen-bond donors (Lipinski definition) is 3. The van der Waals surface area contributed by atoms with Crippen molar-refractivity contribution < 1.29 is 18.8 Å². The van der Waals surface area contributed by atoms with Gasteiger partial charge in [0.1, 0.15) is 17.8 Å². The van der Waals surface area contributed by atoms with Gasteiger partial charge in [0.25, 0.3) is 0 Å². The van der Waals surface area contributed by atoms with Crippen molar-refractivity contribution in [2.24, 2.45) is 0 Å². The third-order valence-corrected chi connectivity index (χ3v) is 2.69. The van der Waals surface area contributed by atoms with Gasteiger partial charge in [0.2, 0.25) is 0 Å². The summed E-state index contributed by atoms with van der Waals surface area (Å²) in [7, 11) is 0. The molecule has 0 spiro atoms. The van der Waals surface area contributed by atoms with Crippen LogP contribution in [0.25, 0.3) is 10.9 Å². The van der Waals surface area contributed by atoms with Crippen molar-refractivity contribution >= 4 is 33.9 Å². The van der Waals surface area contributed by atoms with Crippen molar-refractivity contribution in [3.8, 4) is 0 Å². The van der Waals surface area contributed by atoms with Crippen LogP contribution in [0.1, 0.15) is 10.5 Å². The average Bonchev–Trinajstić information content (AvgIpc) is 2.60. The Hall–Kier alpha value is -1.73. The van der Waals surface area contributed by atoms with Crippen LogP contribution in [0, 0.1) is 5.82 Å². The standard InChI is InChI=1S/C10H9FN2O3S/c1-17(16)13-8-3-5(11)2-7-6(8)4-9(12-7)10(14)15/h2-4,12-13H,1H3,(H,14,15). The zero-order valence-electron chi connectivity index (χ0n) is 8.78. The number of anilines is 1. The molecule has 0 saturated carbocycles. The maximum Gasteiger partial charge on any atom is 0.352 e. The molecule has 1 heterocycles. The van der Waals surface area contributed by atoms with Crippen molar-refractivity contribution in [2.75, 3.05) is 11.0 Å². The lowest BCUT2D eigenvalue weighted by atomic mass is 10.2. The lowest BCUT2D eigenvalue weighted by Gasteiger charge is -2.08. The quantitative estimate of drug-likeness (QED) is 0.729. The zero-order valence-corrected chi connectivity index (χ0v) is 9.60. The molecule has 3 N–H and O–H groups in total. The van der Waals surface area contributed by atoms with E-state index in [0.717, 1.165) is 0 Å². The lowest BCUT2D eigenvalue weighted by molar-refractivity contribution is 0.0691. The number of nitrogens with one attached hydrogen (secondary N) is 2. The number of halogens is 1. The van der Waals surface area contributed by atoms with Crippen LogP contribution in [0.4, 0.5) is 10.1 Å². The highest BCUT2D eigenvalue weighted by molar-refractivity contribution is 7.92. The van der Waals surface area contributed by atoms with E-state index in [1.54, 1.807) is 0 Å². The second-order valence-corrected chi connectivity index (χ2v) is 4.57. The van der Waals surface area contributed by atoms with E-state index in [4.69, 9.17) is 5.11 Å². The van der Waals surface area contributed by atoms with Gasteiger partial charge in [-0.3, -0.25) is 0 Å². The molecule has 1 aromatic carbocycles. The van der Waals surface area contributed by atoms with Crippen LogP contribution in [0.3, 0.4) is 0 Å². The average molecular weight is 256 g/mol. The van der Waals surface area contributed by atoms with Crippen molar-refractivity contribution in [2.45, 2.75) is 0 Å². The number of carbonyl (C=O) groups is 1. The number of rotatable bonds is 3. The minimum Gasteiger partial charge on any atom is -0.593 e. The van der Waals surface area contributed by atoms with Crippen LogP contribution >= 0.6 is 0 Å². The maximum atomic E-state index is 13.3. The number of hydrogen-bond acceptors (Lipinski definition) is 3. The van der Waals surface area contributed by atoms with Gasteiger partial charge in [-0.05, 0) is 12.1 Å². The molecular weight excluding hydrogens is 247 g/mol. The van der Waals surface area contributed by atoms with Gasteiger partial charge in [-0.25, -0.2) is 13.9 Å². The third kappa shape index (κ3) is 2.34. The van der Waals surface area contributed by atoms with Crippen molar-refractivity contribution in [3.63, 3.8) is 0 Å². The van der Waals surface area contributed by atoms with Crippen LogP contribution in [0.2, 0.25) is 0 Å². The summed E-state index contributed by atoms with van der Waals surface area (Å²) >= 11 is -1.36. The van der Waals surface area contributed by atoms with Crippen molar-refractivity contribution in [1.82, 2.24) is 4.98 Å². The van der Waals surface area contributed by atoms with E-state index >= 15 is 0 Å². The van der Waals surface area contributed by atoms with Crippen molar-refractivity contribution in [1.29, 1.82) is 0 Å². The maximum absolute atomic E-state index is 13.3. The monoisotopic (exact) mass is 256 g/mol. The van der Waals surface area contributed by atoms with Crippen LogP contribution in [-0.2, 0) is 11.4 Å². The summed E-state index contributed by atoms with van der Waals surface area (Å²) < 4.78 is 26.9. The normalized spacial score (nSPS) is 12.6. The molecule has 2 aromatic rings. The van der Waals surface area contributed by atoms with Gasteiger partial charge in [0, 0.05) is 11.5 Å². The summed E-state index contributed by atoms with van der Waals surface area (Å²) in [4.78, 5) is 13.4. The molecule has 0 bridgehead atoms. The first-order valence-corrected chi connectivity index (χ1v) is 6.19. The summed E-state index contributed by atoms with van der Waals surface area (Å²) in [5, 5.41) is 9.31. The van der Waals surface area contributed by atoms with Gasteiger partial charge in [-0.2, -0.15) is 0 Å². The second-order valence-electron chi connectivity index (χ2n) is 3.46. The molecule has 1 unspecified atom stereocenters. The molecule has 7 heteroatoms. The number of carboxylic acids is 1. The SMILES string of the molecule is C[S+]([O-])Nc1cc(F)cc2[nH]c(C(=O)O)cc12. The Morgan fingerprint density at radius 2 is 2.24 bits per heavy atom. The number of aromatic nitrogens is 1. The van der Waals surface area contributed by atoms with E-state index in [1.807, 2.05) is 0 Å².